The molecule has 0 unspecified atom stereocenters. The van der Waals surface area contributed by atoms with Crippen molar-refractivity contribution in [1.29, 1.82) is 0 Å². The van der Waals surface area contributed by atoms with E-state index in [9.17, 15) is 4.39 Å². The molecular formula is C21H15FN2S. The van der Waals surface area contributed by atoms with Gasteiger partial charge in [-0.05, 0) is 24.3 Å². The van der Waals surface area contributed by atoms with Crippen LogP contribution >= 0.6 is 11.3 Å². The van der Waals surface area contributed by atoms with Gasteiger partial charge in [-0.3, -0.25) is 0 Å². The minimum atomic E-state index is -0.247. The molecule has 0 spiro atoms. The molecule has 0 amide bonds. The standard InChI is InChI=1S/C21H15FN2S/c22-17-11-13-18(14-12-17)23-21-19(15-7-3-1-4-8-15)24-20(25-21)16-9-5-2-6-10-16/h1-14,23H. The summed E-state index contributed by atoms with van der Waals surface area (Å²) in [5.41, 5.74) is 3.86. The molecule has 1 aromatic heterocycles. The zero-order valence-electron chi connectivity index (χ0n) is 13.3. The molecule has 4 heteroatoms. The van der Waals surface area contributed by atoms with Crippen molar-refractivity contribution < 1.29 is 4.39 Å². The highest BCUT2D eigenvalue weighted by molar-refractivity contribution is 7.19. The number of benzene rings is 3. The van der Waals surface area contributed by atoms with Gasteiger partial charge in [0.05, 0.1) is 0 Å². The normalized spacial score (nSPS) is 10.6. The van der Waals surface area contributed by atoms with Gasteiger partial charge in [-0.2, -0.15) is 0 Å². The maximum Gasteiger partial charge on any atom is 0.126 e. The molecule has 0 aliphatic heterocycles. The fraction of sp³-hybridized carbons (Fsp3) is 0. The number of hydrogen-bond donors (Lipinski definition) is 1. The molecule has 2 nitrogen and oxygen atoms in total. The Bertz CT molecular complexity index is 964. The first kappa shape index (κ1) is 15.5. The highest BCUT2D eigenvalue weighted by atomic mass is 32.1. The van der Waals surface area contributed by atoms with Gasteiger partial charge in [-0.15, -0.1) is 0 Å². The maximum atomic E-state index is 13.2. The molecule has 0 aliphatic rings. The summed E-state index contributed by atoms with van der Waals surface area (Å²) in [6, 6.07) is 26.5. The van der Waals surface area contributed by atoms with Gasteiger partial charge in [0, 0.05) is 16.8 Å². The minimum absolute atomic E-state index is 0.247. The minimum Gasteiger partial charge on any atom is -0.345 e. The Labute approximate surface area is 149 Å². The molecule has 0 saturated heterocycles. The van der Waals surface area contributed by atoms with E-state index in [4.69, 9.17) is 4.98 Å². The van der Waals surface area contributed by atoms with E-state index in [2.05, 4.69) is 17.4 Å². The lowest BCUT2D eigenvalue weighted by Crippen LogP contribution is -1.90. The van der Waals surface area contributed by atoms with Crippen molar-refractivity contribution in [3.05, 3.63) is 90.7 Å². The maximum absolute atomic E-state index is 13.2. The molecule has 4 rings (SSSR count). The summed E-state index contributed by atoms with van der Waals surface area (Å²) in [5.74, 6) is -0.247. The first-order chi connectivity index (χ1) is 12.3. The highest BCUT2D eigenvalue weighted by Gasteiger charge is 2.14. The third-order valence-corrected chi connectivity index (χ3v) is 4.82. The number of aromatic nitrogens is 1. The zero-order valence-corrected chi connectivity index (χ0v) is 14.1. The summed E-state index contributed by atoms with van der Waals surface area (Å²) in [4.78, 5) is 4.85. The lowest BCUT2D eigenvalue weighted by molar-refractivity contribution is 0.628. The van der Waals surface area contributed by atoms with Gasteiger partial charge in [-0.1, -0.05) is 72.0 Å². The SMILES string of the molecule is Fc1ccc(Nc2sc(-c3ccccc3)nc2-c2ccccc2)cc1. The number of nitrogens with zero attached hydrogens (tertiary/aromatic N) is 1. The molecule has 0 atom stereocenters. The van der Waals surface area contributed by atoms with Gasteiger partial charge in [0.15, 0.2) is 0 Å². The molecule has 122 valence electrons. The van der Waals surface area contributed by atoms with Crippen LogP contribution in [0.15, 0.2) is 84.9 Å². The van der Waals surface area contributed by atoms with Crippen LogP contribution in [0, 0.1) is 5.82 Å². The number of hydrogen-bond acceptors (Lipinski definition) is 3. The van der Waals surface area contributed by atoms with Crippen LogP contribution in [0.5, 0.6) is 0 Å². The monoisotopic (exact) mass is 346 g/mol. The van der Waals surface area contributed by atoms with Crippen molar-refractivity contribution in [2.24, 2.45) is 0 Å². The van der Waals surface area contributed by atoms with Crippen molar-refractivity contribution in [2.45, 2.75) is 0 Å². The fourth-order valence-corrected chi connectivity index (χ4v) is 3.58. The Balaban J connectivity index is 1.78. The zero-order chi connectivity index (χ0) is 17.1. The summed E-state index contributed by atoms with van der Waals surface area (Å²) in [7, 11) is 0. The van der Waals surface area contributed by atoms with Crippen molar-refractivity contribution in [1.82, 2.24) is 4.98 Å². The van der Waals surface area contributed by atoms with E-state index in [0.29, 0.717) is 0 Å². The second-order valence-corrected chi connectivity index (χ2v) is 6.56. The van der Waals surface area contributed by atoms with Crippen LogP contribution in [-0.4, -0.2) is 4.98 Å². The van der Waals surface area contributed by atoms with Crippen LogP contribution in [-0.2, 0) is 0 Å². The van der Waals surface area contributed by atoms with Crippen molar-refractivity contribution >= 4 is 22.0 Å². The molecule has 1 N–H and O–H groups in total. The van der Waals surface area contributed by atoms with Crippen molar-refractivity contribution in [3.63, 3.8) is 0 Å². The molecule has 0 fully saturated rings. The lowest BCUT2D eigenvalue weighted by Gasteiger charge is -2.06. The average Bonchev–Trinajstić information content (AvgIpc) is 3.09. The summed E-state index contributed by atoms with van der Waals surface area (Å²) in [6.07, 6.45) is 0. The Hall–Kier alpha value is -2.98. The summed E-state index contributed by atoms with van der Waals surface area (Å²) < 4.78 is 13.2. The van der Waals surface area contributed by atoms with Crippen LogP contribution in [0.2, 0.25) is 0 Å². The number of thiazole rings is 1. The topological polar surface area (TPSA) is 24.9 Å². The van der Waals surface area contributed by atoms with Gasteiger partial charge in [0.2, 0.25) is 0 Å². The van der Waals surface area contributed by atoms with Crippen LogP contribution in [0.3, 0.4) is 0 Å². The van der Waals surface area contributed by atoms with Crippen LogP contribution in [0.4, 0.5) is 15.1 Å². The molecule has 25 heavy (non-hydrogen) atoms. The molecule has 0 saturated carbocycles. The van der Waals surface area contributed by atoms with Crippen LogP contribution in [0.1, 0.15) is 0 Å². The third kappa shape index (κ3) is 3.44. The Morgan fingerprint density at radius 3 is 1.96 bits per heavy atom. The van der Waals surface area contributed by atoms with Crippen LogP contribution in [0.25, 0.3) is 21.8 Å². The first-order valence-electron chi connectivity index (χ1n) is 7.94. The number of anilines is 2. The molecule has 0 radical (unpaired) electrons. The molecule has 1 heterocycles. The lowest BCUT2D eigenvalue weighted by atomic mass is 10.1. The van der Waals surface area contributed by atoms with E-state index in [1.807, 2.05) is 48.5 Å². The Morgan fingerprint density at radius 2 is 1.32 bits per heavy atom. The summed E-state index contributed by atoms with van der Waals surface area (Å²) in [5, 5.41) is 5.27. The molecule has 4 aromatic rings. The van der Waals surface area contributed by atoms with Crippen LogP contribution < -0.4 is 5.32 Å². The third-order valence-electron chi connectivity index (χ3n) is 3.80. The number of halogens is 1. The molecule has 3 aromatic carbocycles. The van der Waals surface area contributed by atoms with E-state index < -0.39 is 0 Å². The smallest absolute Gasteiger partial charge is 0.126 e. The van der Waals surface area contributed by atoms with Gasteiger partial charge >= 0.3 is 0 Å². The van der Waals surface area contributed by atoms with Gasteiger partial charge in [-0.25, -0.2) is 9.37 Å². The van der Waals surface area contributed by atoms with Gasteiger partial charge in [0.1, 0.15) is 21.5 Å². The second kappa shape index (κ2) is 6.87. The highest BCUT2D eigenvalue weighted by Crippen LogP contribution is 2.39. The number of nitrogens with one attached hydrogen (secondary N) is 1. The Kier molecular flexibility index (Phi) is 4.27. The Morgan fingerprint density at radius 1 is 0.720 bits per heavy atom. The predicted octanol–water partition coefficient (Wildman–Crippen LogP) is 6.36. The number of rotatable bonds is 4. The van der Waals surface area contributed by atoms with E-state index in [1.54, 1.807) is 23.5 Å². The van der Waals surface area contributed by atoms with E-state index in [1.165, 1.54) is 12.1 Å². The fourth-order valence-electron chi connectivity index (χ4n) is 2.57. The largest absolute Gasteiger partial charge is 0.345 e. The molecule has 0 bridgehead atoms. The quantitative estimate of drug-likeness (QED) is 0.465. The first-order valence-corrected chi connectivity index (χ1v) is 8.75. The van der Waals surface area contributed by atoms with Crippen molar-refractivity contribution in [2.75, 3.05) is 5.32 Å². The van der Waals surface area contributed by atoms with E-state index >= 15 is 0 Å². The van der Waals surface area contributed by atoms with E-state index in [-0.39, 0.29) is 5.82 Å². The molecular weight excluding hydrogens is 331 g/mol. The second-order valence-electron chi connectivity index (χ2n) is 5.56. The summed E-state index contributed by atoms with van der Waals surface area (Å²) in [6.45, 7) is 0. The molecule has 0 aliphatic carbocycles. The van der Waals surface area contributed by atoms with Gasteiger partial charge in [0.25, 0.3) is 0 Å². The van der Waals surface area contributed by atoms with E-state index in [0.717, 1.165) is 32.5 Å². The van der Waals surface area contributed by atoms with Crippen molar-refractivity contribution in [3.8, 4) is 21.8 Å². The average molecular weight is 346 g/mol. The van der Waals surface area contributed by atoms with Gasteiger partial charge < -0.3 is 5.32 Å². The predicted molar refractivity (Wildman–Crippen MR) is 103 cm³/mol. The summed E-state index contributed by atoms with van der Waals surface area (Å²) >= 11 is 1.59.